The van der Waals surface area contributed by atoms with Crippen LogP contribution in [0.4, 0.5) is 5.69 Å². The maximum absolute atomic E-state index is 12.6. The van der Waals surface area contributed by atoms with Crippen molar-refractivity contribution in [3.05, 3.63) is 53.6 Å². The van der Waals surface area contributed by atoms with Gasteiger partial charge in [-0.05, 0) is 37.6 Å². The Morgan fingerprint density at radius 3 is 2.69 bits per heavy atom. The van der Waals surface area contributed by atoms with Crippen LogP contribution in [0, 0.1) is 0 Å². The fourth-order valence-electron chi connectivity index (χ4n) is 3.26. The van der Waals surface area contributed by atoms with Crippen molar-refractivity contribution in [2.24, 2.45) is 4.40 Å². The second kappa shape index (κ2) is 8.65. The molecule has 0 unspecified atom stereocenters. The van der Waals surface area contributed by atoms with Gasteiger partial charge in [0.25, 0.3) is 15.9 Å². The van der Waals surface area contributed by atoms with Gasteiger partial charge in [0.15, 0.2) is 0 Å². The maximum Gasteiger partial charge on any atom is 0.286 e. The van der Waals surface area contributed by atoms with Crippen molar-refractivity contribution in [2.45, 2.75) is 38.1 Å². The van der Waals surface area contributed by atoms with Crippen molar-refractivity contribution in [3.63, 3.8) is 0 Å². The smallest absolute Gasteiger partial charge is 0.286 e. The summed E-state index contributed by atoms with van der Waals surface area (Å²) in [6.07, 6.45) is 1.89. The first-order valence-electron chi connectivity index (χ1n) is 9.50. The van der Waals surface area contributed by atoms with Crippen molar-refractivity contribution < 1.29 is 17.9 Å². The summed E-state index contributed by atoms with van der Waals surface area (Å²) in [5.74, 6) is 0.761. The largest absolute Gasteiger partial charge is 0.496 e. The van der Waals surface area contributed by atoms with Crippen LogP contribution in [0.15, 0.2) is 51.8 Å². The number of nitrogens with one attached hydrogen (secondary N) is 1. The van der Waals surface area contributed by atoms with E-state index in [0.717, 1.165) is 18.4 Å². The highest BCUT2D eigenvalue weighted by atomic mass is 32.2. The molecule has 7 nitrogen and oxygen atoms in total. The van der Waals surface area contributed by atoms with Gasteiger partial charge >= 0.3 is 0 Å². The summed E-state index contributed by atoms with van der Waals surface area (Å²) in [5, 5.41) is 2.82. The van der Waals surface area contributed by atoms with Crippen LogP contribution in [0.3, 0.4) is 0 Å². The molecule has 29 heavy (non-hydrogen) atoms. The maximum atomic E-state index is 12.6. The fourth-order valence-corrected chi connectivity index (χ4v) is 4.52. The van der Waals surface area contributed by atoms with Gasteiger partial charge in [0, 0.05) is 24.2 Å². The third-order valence-corrected chi connectivity index (χ3v) is 6.19. The molecule has 154 valence electrons. The second-order valence-electron chi connectivity index (χ2n) is 6.80. The molecule has 2 aromatic rings. The van der Waals surface area contributed by atoms with E-state index in [1.165, 1.54) is 6.07 Å². The number of para-hydroxylation sites is 1. The summed E-state index contributed by atoms with van der Waals surface area (Å²) >= 11 is 0. The predicted octanol–water partition coefficient (Wildman–Crippen LogP) is 3.35. The van der Waals surface area contributed by atoms with Crippen molar-refractivity contribution in [3.8, 4) is 5.75 Å². The van der Waals surface area contributed by atoms with Crippen LogP contribution in [-0.2, 0) is 16.6 Å². The van der Waals surface area contributed by atoms with E-state index in [-0.39, 0.29) is 22.9 Å². The van der Waals surface area contributed by atoms with Crippen LogP contribution in [0.25, 0.3) is 0 Å². The van der Waals surface area contributed by atoms with E-state index in [1.807, 2.05) is 29.2 Å². The van der Waals surface area contributed by atoms with Crippen LogP contribution in [0.2, 0.25) is 0 Å². The molecule has 1 amide bonds. The van der Waals surface area contributed by atoms with Crippen LogP contribution >= 0.6 is 0 Å². The molecule has 0 radical (unpaired) electrons. The van der Waals surface area contributed by atoms with Crippen molar-refractivity contribution in [1.82, 2.24) is 5.32 Å². The van der Waals surface area contributed by atoms with Gasteiger partial charge in [-0.1, -0.05) is 31.5 Å². The molecule has 0 bridgehead atoms. The quantitative estimate of drug-likeness (QED) is 0.749. The summed E-state index contributed by atoms with van der Waals surface area (Å²) in [4.78, 5) is 14.6. The lowest BCUT2D eigenvalue weighted by Crippen LogP contribution is -2.35. The Morgan fingerprint density at radius 2 is 1.97 bits per heavy atom. The minimum absolute atomic E-state index is 0.0594. The van der Waals surface area contributed by atoms with Crippen LogP contribution in [0.1, 0.15) is 42.6 Å². The molecular formula is C21H25N3O4S. The highest BCUT2D eigenvalue weighted by Gasteiger charge is 2.29. The molecule has 2 aromatic carbocycles. The van der Waals surface area contributed by atoms with Gasteiger partial charge in [0.2, 0.25) is 0 Å². The Bertz CT molecular complexity index is 1050. The number of nitrogens with zero attached hydrogens (tertiary/aromatic N) is 2. The summed E-state index contributed by atoms with van der Waals surface area (Å²) in [6, 6.07) is 12.1. The molecule has 0 fully saturated rings. The molecule has 0 saturated heterocycles. The number of amidine groups is 1. The normalized spacial score (nSPS) is 14.7. The second-order valence-corrected chi connectivity index (χ2v) is 8.37. The molecule has 0 saturated carbocycles. The Labute approximate surface area is 171 Å². The SMILES string of the molecule is CCCCN1C(C)=NS(=O)(=O)c2cc(C(=O)NCc3ccccc3OC)ccc21. The van der Waals surface area contributed by atoms with Crippen molar-refractivity contribution in [2.75, 3.05) is 18.6 Å². The molecule has 0 aromatic heterocycles. The lowest BCUT2D eigenvalue weighted by molar-refractivity contribution is 0.0950. The van der Waals surface area contributed by atoms with Crippen molar-refractivity contribution >= 4 is 27.5 Å². The number of ether oxygens (including phenoxy) is 1. The fraction of sp³-hybridized carbons (Fsp3) is 0.333. The summed E-state index contributed by atoms with van der Waals surface area (Å²) in [5.41, 5.74) is 1.67. The molecule has 8 heteroatoms. The standard InChI is InChI=1S/C21H25N3O4S/c1-4-5-12-24-15(2)23-29(26,27)20-13-16(10-11-18(20)24)21(25)22-14-17-8-6-7-9-19(17)28-3/h6-11,13H,4-5,12,14H2,1-3H3,(H,22,25). The molecule has 0 aliphatic carbocycles. The monoisotopic (exact) mass is 415 g/mol. The highest BCUT2D eigenvalue weighted by molar-refractivity contribution is 7.90. The lowest BCUT2D eigenvalue weighted by atomic mass is 10.1. The molecule has 0 spiro atoms. The molecule has 1 aliphatic rings. The van der Waals surface area contributed by atoms with Crippen LogP contribution < -0.4 is 15.0 Å². The van der Waals surface area contributed by atoms with Gasteiger partial charge in [-0.3, -0.25) is 4.79 Å². The Hall–Kier alpha value is -2.87. The van der Waals surface area contributed by atoms with E-state index >= 15 is 0 Å². The molecule has 0 atom stereocenters. The number of fused-ring (bicyclic) bond motifs is 1. The molecule has 1 heterocycles. The minimum atomic E-state index is -3.84. The first-order chi connectivity index (χ1) is 13.9. The lowest BCUT2D eigenvalue weighted by Gasteiger charge is -2.29. The Morgan fingerprint density at radius 1 is 1.21 bits per heavy atom. The number of carbonyl (C=O) groups is 1. The number of anilines is 1. The molecule has 1 aliphatic heterocycles. The molecule has 3 rings (SSSR count). The number of hydrogen-bond donors (Lipinski definition) is 1. The number of amides is 1. The zero-order valence-corrected chi connectivity index (χ0v) is 17.6. The van der Waals surface area contributed by atoms with Crippen LogP contribution in [-0.4, -0.2) is 33.8 Å². The van der Waals surface area contributed by atoms with E-state index in [4.69, 9.17) is 4.74 Å². The summed E-state index contributed by atoms with van der Waals surface area (Å²) in [7, 11) is -2.27. The number of rotatable bonds is 7. The van der Waals surface area contributed by atoms with Gasteiger partial charge in [0.1, 0.15) is 16.5 Å². The highest BCUT2D eigenvalue weighted by Crippen LogP contribution is 2.32. The number of hydrogen-bond acceptors (Lipinski definition) is 5. The van der Waals surface area contributed by atoms with Crippen molar-refractivity contribution in [1.29, 1.82) is 0 Å². The van der Waals surface area contributed by atoms with E-state index in [9.17, 15) is 13.2 Å². The van der Waals surface area contributed by atoms with Gasteiger partial charge in [-0.25, -0.2) is 0 Å². The summed E-state index contributed by atoms with van der Waals surface area (Å²) < 4.78 is 34.3. The number of carbonyl (C=O) groups excluding carboxylic acids is 1. The average Bonchev–Trinajstić information content (AvgIpc) is 2.71. The number of methoxy groups -OCH3 is 1. The van der Waals surface area contributed by atoms with E-state index < -0.39 is 10.0 Å². The van der Waals surface area contributed by atoms with Gasteiger partial charge in [0.05, 0.1) is 12.8 Å². The molecule has 1 N–H and O–H groups in total. The summed E-state index contributed by atoms with van der Waals surface area (Å²) in [6.45, 7) is 4.70. The first kappa shape index (κ1) is 20.9. The Balaban J connectivity index is 1.85. The number of sulfonamides is 1. The zero-order chi connectivity index (χ0) is 21.0. The average molecular weight is 416 g/mol. The predicted molar refractivity (Wildman–Crippen MR) is 113 cm³/mol. The first-order valence-corrected chi connectivity index (χ1v) is 10.9. The van der Waals surface area contributed by atoms with Crippen LogP contribution in [0.5, 0.6) is 5.75 Å². The van der Waals surface area contributed by atoms with Gasteiger partial charge in [-0.15, -0.1) is 4.40 Å². The van der Waals surface area contributed by atoms with E-state index in [2.05, 4.69) is 16.6 Å². The van der Waals surface area contributed by atoms with Gasteiger partial charge < -0.3 is 15.0 Å². The van der Waals surface area contributed by atoms with E-state index in [1.54, 1.807) is 26.2 Å². The van der Waals surface area contributed by atoms with E-state index in [0.29, 0.717) is 23.8 Å². The minimum Gasteiger partial charge on any atom is -0.496 e. The molecular weight excluding hydrogens is 390 g/mol. The third kappa shape index (κ3) is 4.42. The Kier molecular flexibility index (Phi) is 6.22. The topological polar surface area (TPSA) is 88.1 Å². The number of unbranched alkanes of at least 4 members (excludes halogenated alkanes) is 1. The third-order valence-electron chi connectivity index (χ3n) is 4.80. The zero-order valence-electron chi connectivity index (χ0n) is 16.8. The number of benzene rings is 2. The van der Waals surface area contributed by atoms with Gasteiger partial charge in [-0.2, -0.15) is 8.42 Å².